The van der Waals surface area contributed by atoms with E-state index >= 15 is 0 Å². The molecule has 0 spiro atoms. The summed E-state index contributed by atoms with van der Waals surface area (Å²) in [7, 11) is 3.44. The Kier molecular flexibility index (Phi) is 4.54. The first-order valence-corrected chi connectivity index (χ1v) is 7.70. The van der Waals surface area contributed by atoms with Gasteiger partial charge in [0.05, 0.1) is 5.56 Å². The van der Waals surface area contributed by atoms with Crippen molar-refractivity contribution in [3.05, 3.63) is 60.0 Å². The zero-order valence-corrected chi connectivity index (χ0v) is 14.0. The fraction of sp³-hybridized carbons (Fsp3) is 0.158. The topological polar surface area (TPSA) is 46.3 Å². The van der Waals surface area contributed by atoms with E-state index in [1.165, 1.54) is 0 Å². The molecular formula is C19H15F3N2O2. The Morgan fingerprint density at radius 2 is 1.69 bits per heavy atom. The third kappa shape index (κ3) is 3.46. The molecular weight excluding hydrogens is 345 g/mol. The van der Waals surface area contributed by atoms with E-state index in [1.807, 2.05) is 0 Å². The van der Waals surface area contributed by atoms with E-state index < -0.39 is 11.7 Å². The van der Waals surface area contributed by atoms with Crippen LogP contribution in [-0.4, -0.2) is 25.4 Å². The Hall–Kier alpha value is -3.09. The highest BCUT2D eigenvalue weighted by atomic mass is 19.4. The lowest BCUT2D eigenvalue weighted by atomic mass is 10.0. The Balaban J connectivity index is 2.03. The van der Waals surface area contributed by atoms with Gasteiger partial charge in [-0.15, -0.1) is 0 Å². The van der Waals surface area contributed by atoms with E-state index in [2.05, 4.69) is 4.98 Å². The molecule has 3 aromatic rings. The van der Waals surface area contributed by atoms with Crippen molar-refractivity contribution in [2.45, 2.75) is 6.18 Å². The average molecular weight is 360 g/mol. The summed E-state index contributed by atoms with van der Waals surface area (Å²) in [4.78, 5) is 16.3. The van der Waals surface area contributed by atoms with E-state index in [1.54, 1.807) is 55.4 Å². The normalized spacial score (nSPS) is 11.4. The number of furan rings is 1. The standard InChI is InChI=1S/C19H15F3N2O2/c1-24(2)18-16(9-14(10-23-18)19(20,21)22)12-3-5-13(6-4-12)17-8-7-15(11-25)26-17/h3-11H,1-2H3. The number of carbonyl (C=O) groups excluding carboxylic acids is 1. The van der Waals surface area contributed by atoms with Gasteiger partial charge in [-0.25, -0.2) is 4.98 Å². The third-order valence-electron chi connectivity index (χ3n) is 3.84. The molecule has 0 atom stereocenters. The van der Waals surface area contributed by atoms with Gasteiger partial charge < -0.3 is 9.32 Å². The summed E-state index contributed by atoms with van der Waals surface area (Å²) in [5, 5.41) is 0. The van der Waals surface area contributed by atoms with Gasteiger partial charge in [0.15, 0.2) is 12.0 Å². The first kappa shape index (κ1) is 17.7. The Labute approximate surface area is 147 Å². The first-order valence-electron chi connectivity index (χ1n) is 7.70. The van der Waals surface area contributed by atoms with Crippen molar-refractivity contribution in [1.82, 2.24) is 4.98 Å². The van der Waals surface area contributed by atoms with Gasteiger partial charge in [-0.3, -0.25) is 4.79 Å². The molecule has 2 aromatic heterocycles. The second kappa shape index (κ2) is 6.67. The molecule has 0 aliphatic carbocycles. The molecule has 26 heavy (non-hydrogen) atoms. The van der Waals surface area contributed by atoms with Crippen LogP contribution in [-0.2, 0) is 6.18 Å². The molecule has 134 valence electrons. The van der Waals surface area contributed by atoms with Crippen molar-refractivity contribution in [3.8, 4) is 22.5 Å². The summed E-state index contributed by atoms with van der Waals surface area (Å²) in [6.07, 6.45) is -3.03. The number of benzene rings is 1. The lowest BCUT2D eigenvalue weighted by molar-refractivity contribution is -0.137. The van der Waals surface area contributed by atoms with Crippen LogP contribution in [0.1, 0.15) is 16.1 Å². The number of rotatable bonds is 4. The average Bonchev–Trinajstić information content (AvgIpc) is 3.09. The second-order valence-electron chi connectivity index (χ2n) is 5.88. The summed E-state index contributed by atoms with van der Waals surface area (Å²) in [6.45, 7) is 0. The predicted molar refractivity (Wildman–Crippen MR) is 92.1 cm³/mol. The Morgan fingerprint density at radius 1 is 1.04 bits per heavy atom. The molecule has 0 N–H and O–H groups in total. The smallest absolute Gasteiger partial charge is 0.417 e. The molecule has 0 unspecified atom stereocenters. The summed E-state index contributed by atoms with van der Waals surface area (Å²) in [5.41, 5.74) is 0.889. The molecule has 0 saturated carbocycles. The van der Waals surface area contributed by atoms with Crippen LogP contribution >= 0.6 is 0 Å². The van der Waals surface area contributed by atoms with Gasteiger partial charge in [0.1, 0.15) is 11.6 Å². The van der Waals surface area contributed by atoms with Crippen LogP contribution in [0.4, 0.5) is 19.0 Å². The van der Waals surface area contributed by atoms with Crippen LogP contribution in [0.15, 0.2) is 53.1 Å². The molecule has 3 rings (SSSR count). The second-order valence-corrected chi connectivity index (χ2v) is 5.88. The highest BCUT2D eigenvalue weighted by Crippen LogP contribution is 2.36. The molecule has 4 nitrogen and oxygen atoms in total. The van der Waals surface area contributed by atoms with Crippen molar-refractivity contribution < 1.29 is 22.4 Å². The van der Waals surface area contributed by atoms with Crippen molar-refractivity contribution in [1.29, 1.82) is 0 Å². The van der Waals surface area contributed by atoms with Gasteiger partial charge >= 0.3 is 6.18 Å². The maximum atomic E-state index is 13.0. The molecule has 0 aliphatic rings. The number of hydrogen-bond donors (Lipinski definition) is 0. The highest BCUT2D eigenvalue weighted by Gasteiger charge is 2.32. The fourth-order valence-corrected chi connectivity index (χ4v) is 2.57. The minimum Gasteiger partial charge on any atom is -0.453 e. The number of halogens is 3. The molecule has 0 amide bonds. The summed E-state index contributed by atoms with van der Waals surface area (Å²) >= 11 is 0. The summed E-state index contributed by atoms with van der Waals surface area (Å²) in [5.74, 6) is 1.15. The van der Waals surface area contributed by atoms with E-state index in [0.29, 0.717) is 34.6 Å². The maximum absolute atomic E-state index is 13.0. The minimum atomic E-state index is -4.47. The molecule has 2 heterocycles. The van der Waals surface area contributed by atoms with E-state index in [4.69, 9.17) is 4.42 Å². The van der Waals surface area contributed by atoms with E-state index in [0.717, 1.165) is 12.3 Å². The van der Waals surface area contributed by atoms with Crippen molar-refractivity contribution in [2.75, 3.05) is 19.0 Å². The Morgan fingerprint density at radius 3 is 2.23 bits per heavy atom. The minimum absolute atomic E-state index is 0.209. The molecule has 7 heteroatoms. The van der Waals surface area contributed by atoms with Gasteiger partial charge in [-0.1, -0.05) is 24.3 Å². The van der Waals surface area contributed by atoms with Crippen molar-refractivity contribution >= 4 is 12.1 Å². The molecule has 0 radical (unpaired) electrons. The first-order chi connectivity index (χ1) is 12.3. The van der Waals surface area contributed by atoms with Crippen LogP contribution in [0.5, 0.6) is 0 Å². The quantitative estimate of drug-likeness (QED) is 0.621. The van der Waals surface area contributed by atoms with Crippen LogP contribution in [0.3, 0.4) is 0 Å². The zero-order chi connectivity index (χ0) is 18.9. The molecule has 0 saturated heterocycles. The zero-order valence-electron chi connectivity index (χ0n) is 14.0. The summed E-state index contributed by atoms with van der Waals surface area (Å²) in [6, 6.07) is 11.2. The van der Waals surface area contributed by atoms with Gasteiger partial charge in [0, 0.05) is 31.4 Å². The van der Waals surface area contributed by atoms with Gasteiger partial charge in [-0.2, -0.15) is 13.2 Å². The van der Waals surface area contributed by atoms with Crippen molar-refractivity contribution in [2.24, 2.45) is 0 Å². The van der Waals surface area contributed by atoms with E-state index in [9.17, 15) is 18.0 Å². The third-order valence-corrected chi connectivity index (χ3v) is 3.84. The molecule has 0 bridgehead atoms. The SMILES string of the molecule is CN(C)c1ncc(C(F)(F)F)cc1-c1ccc(-c2ccc(C=O)o2)cc1. The number of anilines is 1. The largest absolute Gasteiger partial charge is 0.453 e. The number of pyridine rings is 1. The van der Waals surface area contributed by atoms with Gasteiger partial charge in [0.25, 0.3) is 0 Å². The van der Waals surface area contributed by atoms with Gasteiger partial charge in [-0.05, 0) is 23.8 Å². The monoisotopic (exact) mass is 360 g/mol. The van der Waals surface area contributed by atoms with Crippen molar-refractivity contribution in [3.63, 3.8) is 0 Å². The lowest BCUT2D eigenvalue weighted by Crippen LogP contribution is -2.14. The molecule has 1 aromatic carbocycles. The number of hydrogen-bond acceptors (Lipinski definition) is 4. The number of carbonyl (C=O) groups is 1. The predicted octanol–water partition coefficient (Wildman–Crippen LogP) is 4.91. The summed E-state index contributed by atoms with van der Waals surface area (Å²) < 4.78 is 44.5. The van der Waals surface area contributed by atoms with Crippen LogP contribution < -0.4 is 4.90 Å². The lowest BCUT2D eigenvalue weighted by Gasteiger charge is -2.18. The Bertz CT molecular complexity index is 929. The van der Waals surface area contributed by atoms with Gasteiger partial charge in [0.2, 0.25) is 0 Å². The van der Waals surface area contributed by atoms with E-state index in [-0.39, 0.29) is 5.76 Å². The number of nitrogens with zero attached hydrogens (tertiary/aromatic N) is 2. The molecule has 0 aliphatic heterocycles. The highest BCUT2D eigenvalue weighted by molar-refractivity contribution is 5.78. The van der Waals surface area contributed by atoms with Crippen LogP contribution in [0.25, 0.3) is 22.5 Å². The number of aromatic nitrogens is 1. The van der Waals surface area contributed by atoms with Crippen LogP contribution in [0.2, 0.25) is 0 Å². The molecule has 0 fully saturated rings. The number of aldehydes is 1. The van der Waals surface area contributed by atoms with Crippen LogP contribution in [0, 0.1) is 0 Å². The maximum Gasteiger partial charge on any atom is 0.417 e. The fourth-order valence-electron chi connectivity index (χ4n) is 2.57. The number of alkyl halides is 3.